The Bertz CT molecular complexity index is 296. The molecular formula is C10H16N2OS. The number of amides is 1. The molecule has 4 heteroatoms. The van der Waals surface area contributed by atoms with E-state index in [1.54, 1.807) is 5.38 Å². The van der Waals surface area contributed by atoms with Crippen LogP contribution in [0.25, 0.3) is 0 Å². The van der Waals surface area contributed by atoms with Gasteiger partial charge in [0, 0.05) is 11.9 Å². The smallest absolute Gasteiger partial charge is 0.270 e. The van der Waals surface area contributed by atoms with Crippen LogP contribution in [0.1, 0.15) is 41.7 Å². The summed E-state index contributed by atoms with van der Waals surface area (Å²) < 4.78 is 0. The monoisotopic (exact) mass is 212 g/mol. The number of nitrogens with zero attached hydrogens (tertiary/aromatic N) is 1. The Kier molecular flexibility index (Phi) is 4.59. The van der Waals surface area contributed by atoms with Crippen molar-refractivity contribution < 1.29 is 4.79 Å². The van der Waals surface area contributed by atoms with Gasteiger partial charge in [-0.1, -0.05) is 19.8 Å². The van der Waals surface area contributed by atoms with Crippen LogP contribution >= 0.6 is 11.3 Å². The van der Waals surface area contributed by atoms with Gasteiger partial charge in [-0.05, 0) is 13.3 Å². The van der Waals surface area contributed by atoms with Crippen molar-refractivity contribution in [3.8, 4) is 0 Å². The summed E-state index contributed by atoms with van der Waals surface area (Å²) in [5.41, 5.74) is 0.545. The van der Waals surface area contributed by atoms with Crippen LogP contribution in [0, 0.1) is 6.92 Å². The molecule has 1 aromatic heterocycles. The Morgan fingerprint density at radius 1 is 1.57 bits per heavy atom. The Hall–Kier alpha value is -0.900. The molecule has 0 bridgehead atoms. The maximum absolute atomic E-state index is 11.5. The minimum Gasteiger partial charge on any atom is -0.351 e. The molecule has 1 aromatic rings. The second kappa shape index (κ2) is 5.75. The zero-order valence-corrected chi connectivity index (χ0v) is 9.49. The van der Waals surface area contributed by atoms with Crippen molar-refractivity contribution in [2.75, 3.05) is 6.54 Å². The molecular weight excluding hydrogens is 196 g/mol. The van der Waals surface area contributed by atoms with Crippen LogP contribution in [0.4, 0.5) is 0 Å². The number of unbranched alkanes of at least 4 members (excludes halogenated alkanes) is 2. The normalized spacial score (nSPS) is 10.1. The molecule has 0 aliphatic carbocycles. The lowest BCUT2D eigenvalue weighted by Crippen LogP contribution is -2.24. The summed E-state index contributed by atoms with van der Waals surface area (Å²) in [7, 11) is 0. The van der Waals surface area contributed by atoms with E-state index in [4.69, 9.17) is 0 Å². The quantitative estimate of drug-likeness (QED) is 0.761. The van der Waals surface area contributed by atoms with Gasteiger partial charge < -0.3 is 5.32 Å². The fourth-order valence-electron chi connectivity index (χ4n) is 1.14. The molecule has 3 nitrogen and oxygen atoms in total. The van der Waals surface area contributed by atoms with Gasteiger partial charge in [0.15, 0.2) is 0 Å². The Morgan fingerprint density at radius 2 is 2.36 bits per heavy atom. The molecule has 1 rings (SSSR count). The summed E-state index contributed by atoms with van der Waals surface area (Å²) >= 11 is 1.50. The average molecular weight is 212 g/mol. The highest BCUT2D eigenvalue weighted by Crippen LogP contribution is 2.07. The number of aryl methyl sites for hydroxylation is 1. The molecule has 78 valence electrons. The van der Waals surface area contributed by atoms with Crippen LogP contribution in [0.3, 0.4) is 0 Å². The number of aromatic nitrogens is 1. The predicted octanol–water partition coefficient (Wildman–Crippen LogP) is 2.37. The Morgan fingerprint density at radius 3 is 2.93 bits per heavy atom. The molecule has 0 saturated heterocycles. The summed E-state index contributed by atoms with van der Waals surface area (Å²) in [4.78, 5) is 15.6. The zero-order valence-electron chi connectivity index (χ0n) is 8.67. The molecule has 0 saturated carbocycles. The fraction of sp³-hybridized carbons (Fsp3) is 0.600. The first-order valence-corrected chi connectivity index (χ1v) is 5.82. The second-order valence-electron chi connectivity index (χ2n) is 3.21. The van der Waals surface area contributed by atoms with Crippen LogP contribution in [-0.4, -0.2) is 17.4 Å². The third kappa shape index (κ3) is 3.46. The van der Waals surface area contributed by atoms with E-state index in [1.807, 2.05) is 6.92 Å². The summed E-state index contributed by atoms with van der Waals surface area (Å²) in [6, 6.07) is 0. The van der Waals surface area contributed by atoms with Crippen LogP contribution in [0.2, 0.25) is 0 Å². The van der Waals surface area contributed by atoms with Crippen molar-refractivity contribution in [2.45, 2.75) is 33.1 Å². The molecule has 1 heterocycles. The standard InChI is InChI=1S/C10H16N2OS/c1-3-4-5-6-11-10(13)9-7-14-8(2)12-9/h7H,3-6H2,1-2H3,(H,11,13). The maximum atomic E-state index is 11.5. The topological polar surface area (TPSA) is 42.0 Å². The number of carbonyl (C=O) groups is 1. The van der Waals surface area contributed by atoms with E-state index in [-0.39, 0.29) is 5.91 Å². The number of nitrogens with one attached hydrogen (secondary N) is 1. The first kappa shape index (κ1) is 11.2. The molecule has 0 aromatic carbocycles. The molecule has 0 radical (unpaired) electrons. The molecule has 0 spiro atoms. The lowest BCUT2D eigenvalue weighted by atomic mass is 10.2. The van der Waals surface area contributed by atoms with Crippen molar-refractivity contribution in [3.63, 3.8) is 0 Å². The van der Waals surface area contributed by atoms with Crippen molar-refractivity contribution in [1.82, 2.24) is 10.3 Å². The van der Waals surface area contributed by atoms with E-state index in [9.17, 15) is 4.79 Å². The molecule has 1 N–H and O–H groups in total. The van der Waals surface area contributed by atoms with Crippen LogP contribution in [0.15, 0.2) is 5.38 Å². The van der Waals surface area contributed by atoms with E-state index >= 15 is 0 Å². The summed E-state index contributed by atoms with van der Waals surface area (Å²) in [6.45, 7) is 4.80. The van der Waals surface area contributed by atoms with Crippen molar-refractivity contribution >= 4 is 17.2 Å². The van der Waals surface area contributed by atoms with Crippen molar-refractivity contribution in [1.29, 1.82) is 0 Å². The van der Waals surface area contributed by atoms with Gasteiger partial charge in [0.2, 0.25) is 0 Å². The molecule has 0 unspecified atom stereocenters. The highest BCUT2D eigenvalue weighted by atomic mass is 32.1. The second-order valence-corrected chi connectivity index (χ2v) is 4.28. The van der Waals surface area contributed by atoms with Crippen LogP contribution in [0.5, 0.6) is 0 Å². The highest BCUT2D eigenvalue weighted by Gasteiger charge is 2.07. The fourth-order valence-corrected chi connectivity index (χ4v) is 1.73. The summed E-state index contributed by atoms with van der Waals surface area (Å²) in [5, 5.41) is 5.58. The molecule has 0 aliphatic heterocycles. The molecule has 14 heavy (non-hydrogen) atoms. The Labute approximate surface area is 88.6 Å². The average Bonchev–Trinajstić information content (AvgIpc) is 2.59. The molecule has 0 fully saturated rings. The van der Waals surface area contributed by atoms with Gasteiger partial charge in [0.25, 0.3) is 5.91 Å². The van der Waals surface area contributed by atoms with Gasteiger partial charge in [-0.2, -0.15) is 0 Å². The van der Waals surface area contributed by atoms with E-state index in [2.05, 4.69) is 17.2 Å². The van der Waals surface area contributed by atoms with Gasteiger partial charge in [0.05, 0.1) is 5.01 Å². The van der Waals surface area contributed by atoms with Crippen molar-refractivity contribution in [3.05, 3.63) is 16.1 Å². The predicted molar refractivity (Wildman–Crippen MR) is 58.7 cm³/mol. The summed E-state index contributed by atoms with van der Waals surface area (Å²) in [6.07, 6.45) is 3.38. The number of thiazole rings is 1. The van der Waals surface area contributed by atoms with Crippen molar-refractivity contribution in [2.24, 2.45) is 0 Å². The lowest BCUT2D eigenvalue weighted by molar-refractivity contribution is 0.0948. The maximum Gasteiger partial charge on any atom is 0.270 e. The SMILES string of the molecule is CCCCCNC(=O)c1csc(C)n1. The van der Waals surface area contributed by atoms with Gasteiger partial charge in [-0.15, -0.1) is 11.3 Å². The zero-order chi connectivity index (χ0) is 10.4. The van der Waals surface area contributed by atoms with Gasteiger partial charge >= 0.3 is 0 Å². The number of carbonyl (C=O) groups excluding carboxylic acids is 1. The molecule has 0 atom stereocenters. The minimum atomic E-state index is -0.0505. The lowest BCUT2D eigenvalue weighted by Gasteiger charge is -2.01. The third-order valence-corrected chi connectivity index (χ3v) is 2.69. The summed E-state index contributed by atoms with van der Waals surface area (Å²) in [5.74, 6) is -0.0505. The highest BCUT2D eigenvalue weighted by molar-refractivity contribution is 7.09. The minimum absolute atomic E-state index is 0.0505. The van der Waals surface area contributed by atoms with E-state index in [1.165, 1.54) is 17.8 Å². The van der Waals surface area contributed by atoms with Gasteiger partial charge in [-0.25, -0.2) is 4.98 Å². The molecule has 1 amide bonds. The van der Waals surface area contributed by atoms with E-state index in [0.717, 1.165) is 24.4 Å². The number of hydrogen-bond donors (Lipinski definition) is 1. The first-order valence-electron chi connectivity index (χ1n) is 4.94. The number of rotatable bonds is 5. The largest absolute Gasteiger partial charge is 0.351 e. The van der Waals surface area contributed by atoms with Crippen LogP contribution < -0.4 is 5.32 Å². The van der Waals surface area contributed by atoms with Crippen LogP contribution in [-0.2, 0) is 0 Å². The number of hydrogen-bond acceptors (Lipinski definition) is 3. The first-order chi connectivity index (χ1) is 6.74. The molecule has 0 aliphatic rings. The Balaban J connectivity index is 2.29. The van der Waals surface area contributed by atoms with E-state index in [0.29, 0.717) is 5.69 Å². The van der Waals surface area contributed by atoms with E-state index < -0.39 is 0 Å². The third-order valence-electron chi connectivity index (χ3n) is 1.92. The van der Waals surface area contributed by atoms with Gasteiger partial charge in [0.1, 0.15) is 5.69 Å². The van der Waals surface area contributed by atoms with Gasteiger partial charge in [-0.3, -0.25) is 4.79 Å².